The van der Waals surface area contributed by atoms with E-state index in [2.05, 4.69) is 4.98 Å². The number of amides is 1. The summed E-state index contributed by atoms with van der Waals surface area (Å²) < 4.78 is 3.48. The van der Waals surface area contributed by atoms with Gasteiger partial charge in [-0.25, -0.2) is 9.78 Å². The molecule has 4 aromatic rings. The summed E-state index contributed by atoms with van der Waals surface area (Å²) in [4.78, 5) is 35.9. The van der Waals surface area contributed by atoms with Crippen LogP contribution in [0.5, 0.6) is 0 Å². The molecule has 2 aromatic carbocycles. The molecule has 1 amide bonds. The van der Waals surface area contributed by atoms with E-state index >= 15 is 0 Å². The molecule has 1 atom stereocenters. The first kappa shape index (κ1) is 18.7. The summed E-state index contributed by atoms with van der Waals surface area (Å²) in [6, 6.07) is 15.7. The Bertz CT molecular complexity index is 1250. The SMILES string of the molecule is CCn1c(=O)n(CCC(=O)N2CCCC2c2nc3ccccc3[nH]2)c2ccccc21. The van der Waals surface area contributed by atoms with Crippen molar-refractivity contribution in [3.8, 4) is 0 Å². The number of hydrogen-bond acceptors (Lipinski definition) is 3. The minimum atomic E-state index is -0.0539. The molecule has 0 radical (unpaired) electrons. The molecule has 0 bridgehead atoms. The third-order valence-electron chi connectivity index (χ3n) is 6.09. The van der Waals surface area contributed by atoms with E-state index in [0.29, 0.717) is 19.5 Å². The standard InChI is InChI=1S/C23H25N5O2/c1-2-26-18-10-5-6-11-19(18)28(23(26)30)15-13-21(29)27-14-7-12-20(27)22-24-16-8-3-4-9-17(16)25-22/h3-6,8-11,20H,2,7,12-15H2,1H3,(H,24,25). The van der Waals surface area contributed by atoms with Crippen LogP contribution in [0.3, 0.4) is 0 Å². The largest absolute Gasteiger partial charge is 0.340 e. The number of imidazole rings is 2. The predicted octanol–water partition coefficient (Wildman–Crippen LogP) is 3.45. The Hall–Kier alpha value is -3.35. The lowest BCUT2D eigenvalue weighted by molar-refractivity contribution is -0.132. The number of carbonyl (C=O) groups is 1. The molecule has 2 aromatic heterocycles. The quantitative estimate of drug-likeness (QED) is 0.554. The molecule has 0 saturated carbocycles. The van der Waals surface area contributed by atoms with Crippen LogP contribution in [0, 0.1) is 0 Å². The third-order valence-corrected chi connectivity index (χ3v) is 6.09. The molecule has 30 heavy (non-hydrogen) atoms. The summed E-state index contributed by atoms with van der Waals surface area (Å²) in [5.74, 6) is 0.917. The lowest BCUT2D eigenvalue weighted by atomic mass is 10.2. The number of rotatable bonds is 5. The highest BCUT2D eigenvalue weighted by Gasteiger charge is 2.32. The molecule has 1 aliphatic heterocycles. The Labute approximate surface area is 173 Å². The second-order valence-corrected chi connectivity index (χ2v) is 7.80. The van der Waals surface area contributed by atoms with E-state index in [-0.39, 0.29) is 17.6 Å². The van der Waals surface area contributed by atoms with Gasteiger partial charge in [-0.15, -0.1) is 0 Å². The van der Waals surface area contributed by atoms with Crippen LogP contribution in [0.1, 0.15) is 38.1 Å². The second kappa shape index (κ2) is 7.48. The fraction of sp³-hybridized carbons (Fsp3) is 0.348. The van der Waals surface area contributed by atoms with E-state index in [4.69, 9.17) is 4.98 Å². The smallest absolute Gasteiger partial charge is 0.329 e. The zero-order valence-electron chi connectivity index (χ0n) is 17.0. The van der Waals surface area contributed by atoms with Gasteiger partial charge in [0.15, 0.2) is 0 Å². The molecule has 0 aliphatic carbocycles. The van der Waals surface area contributed by atoms with Crippen LogP contribution in [0.25, 0.3) is 22.1 Å². The van der Waals surface area contributed by atoms with Crippen molar-refractivity contribution >= 4 is 28.0 Å². The summed E-state index contributed by atoms with van der Waals surface area (Å²) in [5.41, 5.74) is 3.66. The Morgan fingerprint density at radius 1 is 1.10 bits per heavy atom. The van der Waals surface area contributed by atoms with Gasteiger partial charge in [-0.05, 0) is 44.0 Å². The molecule has 1 N–H and O–H groups in total. The minimum absolute atomic E-state index is 0.0291. The molecule has 1 fully saturated rings. The van der Waals surface area contributed by atoms with Crippen molar-refractivity contribution in [3.63, 3.8) is 0 Å². The minimum Gasteiger partial charge on any atom is -0.340 e. The summed E-state index contributed by atoms with van der Waals surface area (Å²) in [6.45, 7) is 3.69. The Morgan fingerprint density at radius 2 is 1.83 bits per heavy atom. The topological polar surface area (TPSA) is 75.9 Å². The van der Waals surface area contributed by atoms with Gasteiger partial charge in [-0.2, -0.15) is 0 Å². The van der Waals surface area contributed by atoms with Crippen LogP contribution in [0.2, 0.25) is 0 Å². The number of nitrogens with zero attached hydrogens (tertiary/aromatic N) is 4. The van der Waals surface area contributed by atoms with Crippen molar-refractivity contribution in [3.05, 3.63) is 64.8 Å². The molecule has 1 saturated heterocycles. The highest BCUT2D eigenvalue weighted by molar-refractivity contribution is 5.79. The van der Waals surface area contributed by atoms with Gasteiger partial charge in [0.1, 0.15) is 5.82 Å². The summed E-state index contributed by atoms with van der Waals surface area (Å²) in [7, 11) is 0. The first-order valence-electron chi connectivity index (χ1n) is 10.6. The van der Waals surface area contributed by atoms with Gasteiger partial charge in [-0.1, -0.05) is 24.3 Å². The molecular formula is C23H25N5O2. The molecule has 1 aliphatic rings. The van der Waals surface area contributed by atoms with Gasteiger partial charge in [0.25, 0.3) is 0 Å². The van der Waals surface area contributed by atoms with Gasteiger partial charge in [-0.3, -0.25) is 13.9 Å². The zero-order valence-corrected chi connectivity index (χ0v) is 17.0. The average molecular weight is 403 g/mol. The molecule has 154 valence electrons. The number of aromatic nitrogens is 4. The van der Waals surface area contributed by atoms with E-state index in [9.17, 15) is 9.59 Å². The maximum atomic E-state index is 13.1. The van der Waals surface area contributed by atoms with Crippen molar-refractivity contribution in [2.75, 3.05) is 6.54 Å². The highest BCUT2D eigenvalue weighted by Crippen LogP contribution is 2.32. The van der Waals surface area contributed by atoms with Crippen LogP contribution in [0.15, 0.2) is 53.3 Å². The van der Waals surface area contributed by atoms with Gasteiger partial charge in [0.05, 0.1) is 28.1 Å². The van der Waals surface area contributed by atoms with Crippen LogP contribution in [-0.2, 0) is 17.9 Å². The molecule has 7 nitrogen and oxygen atoms in total. The zero-order chi connectivity index (χ0) is 20.7. The van der Waals surface area contributed by atoms with Crippen LogP contribution in [0.4, 0.5) is 0 Å². The van der Waals surface area contributed by atoms with Crippen molar-refractivity contribution in [1.29, 1.82) is 0 Å². The molecule has 3 heterocycles. The lowest BCUT2D eigenvalue weighted by Crippen LogP contribution is -2.33. The van der Waals surface area contributed by atoms with Crippen LogP contribution >= 0.6 is 0 Å². The maximum absolute atomic E-state index is 13.1. The van der Waals surface area contributed by atoms with E-state index < -0.39 is 0 Å². The van der Waals surface area contributed by atoms with Gasteiger partial charge < -0.3 is 9.88 Å². The number of hydrogen-bond donors (Lipinski definition) is 1. The fourth-order valence-corrected chi connectivity index (χ4v) is 4.63. The normalized spacial score (nSPS) is 16.7. The van der Waals surface area contributed by atoms with Crippen LogP contribution in [-0.4, -0.2) is 36.5 Å². The van der Waals surface area contributed by atoms with E-state index in [0.717, 1.165) is 47.3 Å². The van der Waals surface area contributed by atoms with Crippen molar-refractivity contribution < 1.29 is 4.79 Å². The molecule has 0 spiro atoms. The fourth-order valence-electron chi connectivity index (χ4n) is 4.63. The maximum Gasteiger partial charge on any atom is 0.329 e. The third kappa shape index (κ3) is 3.01. The summed E-state index contributed by atoms with van der Waals surface area (Å²) in [6.07, 6.45) is 2.16. The first-order chi connectivity index (χ1) is 14.7. The number of benzene rings is 2. The number of H-pyrrole nitrogens is 1. The predicted molar refractivity (Wildman–Crippen MR) is 116 cm³/mol. The van der Waals surface area contributed by atoms with E-state index in [1.807, 2.05) is 60.4 Å². The van der Waals surface area contributed by atoms with Crippen molar-refractivity contribution in [2.45, 2.75) is 45.3 Å². The number of para-hydroxylation sites is 4. The van der Waals surface area contributed by atoms with Gasteiger partial charge in [0, 0.05) is 26.1 Å². The second-order valence-electron chi connectivity index (χ2n) is 7.80. The Balaban J connectivity index is 1.37. The Morgan fingerprint density at radius 3 is 2.60 bits per heavy atom. The van der Waals surface area contributed by atoms with Crippen molar-refractivity contribution in [1.82, 2.24) is 24.0 Å². The monoisotopic (exact) mass is 403 g/mol. The lowest BCUT2D eigenvalue weighted by Gasteiger charge is -2.23. The number of aryl methyl sites for hydroxylation is 2. The number of aromatic amines is 1. The van der Waals surface area contributed by atoms with Gasteiger partial charge in [0.2, 0.25) is 5.91 Å². The van der Waals surface area contributed by atoms with Crippen molar-refractivity contribution in [2.24, 2.45) is 0 Å². The van der Waals surface area contributed by atoms with Crippen LogP contribution < -0.4 is 5.69 Å². The number of nitrogens with one attached hydrogen (secondary N) is 1. The van der Waals surface area contributed by atoms with Gasteiger partial charge >= 0.3 is 5.69 Å². The highest BCUT2D eigenvalue weighted by atomic mass is 16.2. The summed E-state index contributed by atoms with van der Waals surface area (Å²) in [5, 5.41) is 0. The molecular weight excluding hydrogens is 378 g/mol. The Kier molecular flexibility index (Phi) is 4.65. The molecule has 1 unspecified atom stereocenters. The number of carbonyl (C=O) groups excluding carboxylic acids is 1. The summed E-state index contributed by atoms with van der Waals surface area (Å²) >= 11 is 0. The van der Waals surface area contributed by atoms with E-state index in [1.165, 1.54) is 0 Å². The van der Waals surface area contributed by atoms with E-state index in [1.54, 1.807) is 9.13 Å². The number of fused-ring (bicyclic) bond motifs is 2. The number of likely N-dealkylation sites (tertiary alicyclic amines) is 1. The molecule has 7 heteroatoms. The molecule has 5 rings (SSSR count). The first-order valence-corrected chi connectivity index (χ1v) is 10.6. The average Bonchev–Trinajstić information content (AvgIpc) is 3.47.